The lowest BCUT2D eigenvalue weighted by Gasteiger charge is -2.31. The van der Waals surface area contributed by atoms with Gasteiger partial charge < -0.3 is 58.9 Å². The average Bonchev–Trinajstić information content (AvgIpc) is 3.48. The van der Waals surface area contributed by atoms with Gasteiger partial charge in [0.1, 0.15) is 24.2 Å². The smallest absolute Gasteiger partial charge is 0.328 e. The Balaban J connectivity index is 3.26. The summed E-state index contributed by atoms with van der Waals surface area (Å²) in [5.74, 6) is -6.91. The molecule has 14 N–H and O–H groups in total. The molecule has 0 aliphatic carbocycles. The quantitative estimate of drug-likeness (QED) is 0.0355. The van der Waals surface area contributed by atoms with Crippen LogP contribution in [0.2, 0.25) is 0 Å². The van der Waals surface area contributed by atoms with E-state index in [1.807, 2.05) is 6.92 Å². The molecule has 1 fully saturated rings. The number of aliphatic hydroxyl groups is 1. The van der Waals surface area contributed by atoms with Gasteiger partial charge in [0.2, 0.25) is 35.4 Å². The molecule has 0 bridgehead atoms. The first-order chi connectivity index (χ1) is 21.9. The maximum atomic E-state index is 13.9. The summed E-state index contributed by atoms with van der Waals surface area (Å²) in [5, 5.41) is 38.7. The molecule has 8 atom stereocenters. The molecule has 1 saturated heterocycles. The van der Waals surface area contributed by atoms with Crippen molar-refractivity contribution in [1.82, 2.24) is 31.5 Å². The molecule has 0 saturated carbocycles. The van der Waals surface area contributed by atoms with Crippen LogP contribution in [0.25, 0.3) is 0 Å². The van der Waals surface area contributed by atoms with Crippen LogP contribution in [0.3, 0.4) is 0 Å². The van der Waals surface area contributed by atoms with Crippen molar-refractivity contribution in [1.29, 1.82) is 5.41 Å². The van der Waals surface area contributed by atoms with Crippen molar-refractivity contribution in [2.24, 2.45) is 23.1 Å². The highest BCUT2D eigenvalue weighted by Crippen LogP contribution is 2.21. The number of nitrogens with one attached hydrogen (secondary N) is 6. The highest BCUT2D eigenvalue weighted by Gasteiger charge is 2.40. The van der Waals surface area contributed by atoms with Gasteiger partial charge in [-0.2, -0.15) is 0 Å². The standard InChI is InChI=1S/C28H50N10O9/c1-5-13(2)20(36-22(41)14(3)29)25(44)34-16(8-6-10-33-28(31)32)26(45)38-11-7-9-18(38)24(43)35-17(12-19(30)40)23(42)37-21(15(4)39)27(46)47/h13-18,20-21,39H,5-12,29H2,1-4H3,(H2,30,40)(H,34,44)(H,35,43)(H,36,41)(H,37,42)(H,46,47)(H4,31,32,33)/t13-,14-,15+,16-,17-,18-,20-,21-/m0/s1. The van der Waals surface area contributed by atoms with Crippen molar-refractivity contribution in [3.8, 4) is 0 Å². The number of hydrogen-bond donors (Lipinski definition) is 11. The number of nitrogens with zero attached hydrogens (tertiary/aromatic N) is 1. The number of rotatable bonds is 19. The molecule has 0 unspecified atom stereocenters. The number of amides is 6. The normalized spacial score (nSPS) is 18.7. The first-order valence-electron chi connectivity index (χ1n) is 15.5. The Labute approximate surface area is 273 Å². The molecule has 1 rings (SSSR count). The lowest BCUT2D eigenvalue weighted by Crippen LogP contribution is -2.60. The summed E-state index contributed by atoms with van der Waals surface area (Å²) in [6.07, 6.45) is -0.808. The molecule has 6 amide bonds. The molecule has 0 spiro atoms. The minimum absolute atomic E-state index is 0.0623. The molecule has 19 nitrogen and oxygen atoms in total. The molecule has 19 heteroatoms. The average molecular weight is 671 g/mol. The second kappa shape index (κ2) is 19.2. The number of carboxylic acid groups (broad SMARTS) is 1. The summed E-state index contributed by atoms with van der Waals surface area (Å²) in [4.78, 5) is 90.3. The Kier molecular flexibility index (Phi) is 16.6. The lowest BCUT2D eigenvalue weighted by molar-refractivity contribution is -0.146. The first-order valence-corrected chi connectivity index (χ1v) is 15.5. The highest BCUT2D eigenvalue weighted by molar-refractivity contribution is 5.97. The van der Waals surface area contributed by atoms with E-state index in [9.17, 15) is 43.8 Å². The molecule has 0 aromatic rings. The van der Waals surface area contributed by atoms with Crippen LogP contribution in [0.1, 0.15) is 66.2 Å². The Morgan fingerprint density at radius 2 is 1.53 bits per heavy atom. The fourth-order valence-electron chi connectivity index (χ4n) is 4.86. The molecular weight excluding hydrogens is 620 g/mol. The zero-order valence-corrected chi connectivity index (χ0v) is 27.2. The Hall–Kier alpha value is -4.52. The van der Waals surface area contributed by atoms with E-state index in [-0.39, 0.29) is 44.2 Å². The van der Waals surface area contributed by atoms with E-state index < -0.39 is 90.2 Å². The van der Waals surface area contributed by atoms with Crippen LogP contribution >= 0.6 is 0 Å². The van der Waals surface area contributed by atoms with Crippen LogP contribution < -0.4 is 43.8 Å². The Morgan fingerprint density at radius 1 is 0.915 bits per heavy atom. The second-order valence-electron chi connectivity index (χ2n) is 11.7. The predicted octanol–water partition coefficient (Wildman–Crippen LogP) is -4.09. The fourth-order valence-corrected chi connectivity index (χ4v) is 4.86. The van der Waals surface area contributed by atoms with Crippen molar-refractivity contribution in [3.05, 3.63) is 0 Å². The van der Waals surface area contributed by atoms with Gasteiger partial charge >= 0.3 is 5.97 Å². The van der Waals surface area contributed by atoms with E-state index in [4.69, 9.17) is 22.6 Å². The van der Waals surface area contributed by atoms with Crippen LogP contribution in [0.4, 0.5) is 0 Å². The van der Waals surface area contributed by atoms with Crippen molar-refractivity contribution < 1.29 is 43.8 Å². The van der Waals surface area contributed by atoms with Gasteiger partial charge in [0, 0.05) is 13.1 Å². The van der Waals surface area contributed by atoms with Crippen molar-refractivity contribution in [2.75, 3.05) is 13.1 Å². The molecular formula is C28H50N10O9. The van der Waals surface area contributed by atoms with Crippen molar-refractivity contribution in [3.63, 3.8) is 0 Å². The number of primary amides is 1. The summed E-state index contributed by atoms with van der Waals surface area (Å²) >= 11 is 0. The minimum Gasteiger partial charge on any atom is -0.480 e. The Morgan fingerprint density at radius 3 is 2.04 bits per heavy atom. The van der Waals surface area contributed by atoms with Gasteiger partial charge in [0.25, 0.3) is 0 Å². The van der Waals surface area contributed by atoms with E-state index >= 15 is 0 Å². The van der Waals surface area contributed by atoms with Crippen LogP contribution in [-0.2, 0) is 33.6 Å². The molecule has 266 valence electrons. The zero-order chi connectivity index (χ0) is 36.0. The summed E-state index contributed by atoms with van der Waals surface area (Å²) in [7, 11) is 0. The maximum absolute atomic E-state index is 13.9. The largest absolute Gasteiger partial charge is 0.480 e. The Bertz CT molecular complexity index is 1170. The summed E-state index contributed by atoms with van der Waals surface area (Å²) in [6, 6.07) is -7.57. The number of guanidine groups is 1. The molecule has 0 radical (unpaired) electrons. The van der Waals surface area contributed by atoms with Gasteiger partial charge in [-0.25, -0.2) is 4.79 Å². The van der Waals surface area contributed by atoms with E-state index in [0.717, 1.165) is 6.92 Å². The third-order valence-corrected chi connectivity index (χ3v) is 7.73. The third-order valence-electron chi connectivity index (χ3n) is 7.73. The monoisotopic (exact) mass is 670 g/mol. The maximum Gasteiger partial charge on any atom is 0.328 e. The second-order valence-corrected chi connectivity index (χ2v) is 11.7. The number of likely N-dealkylation sites (tertiary alicyclic amines) is 1. The molecule has 0 aromatic carbocycles. The fraction of sp³-hybridized carbons (Fsp3) is 0.714. The van der Waals surface area contributed by atoms with E-state index in [2.05, 4.69) is 26.6 Å². The number of carbonyl (C=O) groups excluding carboxylic acids is 6. The first kappa shape index (κ1) is 40.5. The summed E-state index contributed by atoms with van der Waals surface area (Å²) < 4.78 is 0. The SMILES string of the molecule is CC[C@H](C)[C@H](NC(=O)[C@H](C)N)C(=O)N[C@@H](CCCNC(=N)N)C(=O)N1CCC[C@H]1C(=O)N[C@@H](CC(N)=O)C(=O)N[C@H](C(=O)O)[C@@H](C)O. The number of hydrogen-bond acceptors (Lipinski definition) is 10. The van der Waals surface area contributed by atoms with Gasteiger partial charge in [0.15, 0.2) is 12.0 Å². The van der Waals surface area contributed by atoms with Gasteiger partial charge in [0.05, 0.1) is 18.6 Å². The van der Waals surface area contributed by atoms with Gasteiger partial charge in [-0.05, 0) is 45.4 Å². The number of carbonyl (C=O) groups is 7. The lowest BCUT2D eigenvalue weighted by atomic mass is 9.97. The van der Waals surface area contributed by atoms with Crippen LogP contribution in [-0.4, -0.2) is 118 Å². The summed E-state index contributed by atoms with van der Waals surface area (Å²) in [6.45, 7) is 6.47. The van der Waals surface area contributed by atoms with Gasteiger partial charge in [-0.15, -0.1) is 0 Å². The predicted molar refractivity (Wildman–Crippen MR) is 168 cm³/mol. The minimum atomic E-state index is -1.74. The van der Waals surface area contributed by atoms with Gasteiger partial charge in [-0.1, -0.05) is 20.3 Å². The highest BCUT2D eigenvalue weighted by atomic mass is 16.4. The molecule has 1 aliphatic rings. The summed E-state index contributed by atoms with van der Waals surface area (Å²) in [5.41, 5.74) is 16.3. The van der Waals surface area contributed by atoms with Crippen LogP contribution in [0, 0.1) is 11.3 Å². The van der Waals surface area contributed by atoms with Crippen molar-refractivity contribution in [2.45, 2.75) is 109 Å². The van der Waals surface area contributed by atoms with E-state index in [1.165, 1.54) is 11.8 Å². The number of carboxylic acids is 1. The third kappa shape index (κ3) is 13.0. The van der Waals surface area contributed by atoms with E-state index in [1.54, 1.807) is 6.92 Å². The number of aliphatic carboxylic acids is 1. The van der Waals surface area contributed by atoms with Gasteiger partial charge in [-0.3, -0.25) is 34.2 Å². The molecule has 0 aromatic heterocycles. The van der Waals surface area contributed by atoms with Crippen LogP contribution in [0.5, 0.6) is 0 Å². The topological polar surface area (TPSA) is 325 Å². The molecule has 47 heavy (non-hydrogen) atoms. The number of nitrogens with two attached hydrogens (primary N) is 3. The zero-order valence-electron chi connectivity index (χ0n) is 27.2. The molecule has 1 heterocycles. The van der Waals surface area contributed by atoms with Crippen LogP contribution in [0.15, 0.2) is 0 Å². The molecule has 1 aliphatic heterocycles. The van der Waals surface area contributed by atoms with Crippen molar-refractivity contribution >= 4 is 47.4 Å². The number of aliphatic hydroxyl groups excluding tert-OH is 1. The van der Waals surface area contributed by atoms with E-state index in [0.29, 0.717) is 12.8 Å².